The van der Waals surface area contributed by atoms with E-state index in [1.54, 1.807) is 0 Å². The predicted octanol–water partition coefficient (Wildman–Crippen LogP) is 10.7. The summed E-state index contributed by atoms with van der Waals surface area (Å²) in [6, 6.07) is 23.8. The molecule has 0 aliphatic carbocycles. The Kier molecular flexibility index (Phi) is 10.8. The lowest BCUT2D eigenvalue weighted by Crippen LogP contribution is -2.19. The first-order chi connectivity index (χ1) is 20.5. The minimum absolute atomic E-state index is 0.0592. The van der Waals surface area contributed by atoms with Crippen LogP contribution in [0.1, 0.15) is 109 Å². The molecule has 230 valence electrons. The summed E-state index contributed by atoms with van der Waals surface area (Å²) >= 11 is 0. The average molecular weight is 601 g/mol. The lowest BCUT2D eigenvalue weighted by atomic mass is 9.89. The van der Waals surface area contributed by atoms with Gasteiger partial charge in [-0.25, -0.2) is 8.42 Å². The van der Waals surface area contributed by atoms with Crippen molar-refractivity contribution in [3.05, 3.63) is 89.5 Å². The number of unbranched alkanes of at least 4 members (excludes halogenated alkanes) is 3. The second kappa shape index (κ2) is 14.3. The first kappa shape index (κ1) is 32.4. The van der Waals surface area contributed by atoms with E-state index in [2.05, 4.69) is 70.6 Å². The predicted molar refractivity (Wildman–Crippen MR) is 183 cm³/mol. The smallest absolute Gasteiger partial charge is 0.262 e. The Morgan fingerprint density at radius 1 is 0.698 bits per heavy atom. The maximum Gasteiger partial charge on any atom is 0.262 e. The van der Waals surface area contributed by atoms with Gasteiger partial charge in [0.15, 0.2) is 0 Å². The van der Waals surface area contributed by atoms with Crippen molar-refractivity contribution in [3.8, 4) is 5.75 Å². The van der Waals surface area contributed by atoms with Crippen molar-refractivity contribution >= 4 is 37.9 Å². The van der Waals surface area contributed by atoms with Crippen LogP contribution in [-0.2, 0) is 10.0 Å². The molecule has 4 aromatic rings. The second-order valence-corrected chi connectivity index (χ2v) is 14.0. The largest absolute Gasteiger partial charge is 0.494 e. The van der Waals surface area contributed by atoms with Crippen LogP contribution in [0.15, 0.2) is 77.7 Å². The average Bonchev–Trinajstić information content (AvgIpc) is 2.98. The highest BCUT2D eigenvalue weighted by atomic mass is 32.2. The van der Waals surface area contributed by atoms with Gasteiger partial charge in [0, 0.05) is 22.1 Å². The number of rotatable bonds is 14. The second-order valence-electron chi connectivity index (χ2n) is 12.4. The van der Waals surface area contributed by atoms with Crippen LogP contribution in [0, 0.1) is 0 Å². The SMILES string of the molecule is CCCCCCOc1ccc(Nc2ccc(NS(=O)(=O)c3c(C(C)C)cc(C(C)C)cc3C(C)C)c3ccccc23)cc1. The molecule has 43 heavy (non-hydrogen) atoms. The molecule has 0 aliphatic heterocycles. The highest BCUT2D eigenvalue weighted by molar-refractivity contribution is 7.92. The lowest BCUT2D eigenvalue weighted by molar-refractivity contribution is 0.305. The van der Waals surface area contributed by atoms with Crippen molar-refractivity contribution in [2.45, 2.75) is 96.8 Å². The quantitative estimate of drug-likeness (QED) is 0.141. The topological polar surface area (TPSA) is 67.4 Å². The zero-order valence-electron chi connectivity index (χ0n) is 26.8. The third-order valence-corrected chi connectivity index (χ3v) is 9.41. The van der Waals surface area contributed by atoms with Crippen molar-refractivity contribution in [1.29, 1.82) is 0 Å². The number of ether oxygens (including phenoxy) is 1. The molecule has 0 radical (unpaired) electrons. The van der Waals surface area contributed by atoms with Crippen LogP contribution < -0.4 is 14.8 Å². The maximum absolute atomic E-state index is 14.2. The summed E-state index contributed by atoms with van der Waals surface area (Å²) in [6.45, 7) is 15.5. The third-order valence-electron chi connectivity index (χ3n) is 7.92. The Balaban J connectivity index is 1.63. The van der Waals surface area contributed by atoms with Gasteiger partial charge < -0.3 is 10.1 Å². The summed E-state index contributed by atoms with van der Waals surface area (Å²) < 4.78 is 37.2. The van der Waals surface area contributed by atoms with Crippen molar-refractivity contribution in [1.82, 2.24) is 0 Å². The van der Waals surface area contributed by atoms with E-state index in [9.17, 15) is 8.42 Å². The molecule has 0 aromatic heterocycles. The van der Waals surface area contributed by atoms with E-state index in [1.165, 1.54) is 24.8 Å². The number of hydrogen-bond donors (Lipinski definition) is 2. The van der Waals surface area contributed by atoms with E-state index in [1.807, 2.05) is 60.7 Å². The Bertz CT molecular complexity index is 1600. The summed E-state index contributed by atoms with van der Waals surface area (Å²) in [7, 11) is -3.87. The fourth-order valence-corrected chi connectivity index (χ4v) is 7.18. The fourth-order valence-electron chi connectivity index (χ4n) is 5.40. The molecule has 0 bridgehead atoms. The van der Waals surface area contributed by atoms with E-state index in [0.29, 0.717) is 16.5 Å². The molecule has 4 rings (SSSR count). The monoisotopic (exact) mass is 600 g/mol. The van der Waals surface area contributed by atoms with E-state index < -0.39 is 10.0 Å². The van der Waals surface area contributed by atoms with E-state index in [-0.39, 0.29) is 11.8 Å². The molecule has 0 atom stereocenters. The summed E-state index contributed by atoms with van der Waals surface area (Å²) in [5, 5.41) is 5.28. The van der Waals surface area contributed by atoms with Crippen molar-refractivity contribution in [2.75, 3.05) is 16.6 Å². The highest BCUT2D eigenvalue weighted by Gasteiger charge is 2.27. The van der Waals surface area contributed by atoms with E-state index in [0.717, 1.165) is 52.1 Å². The Labute approximate surface area is 259 Å². The molecule has 0 spiro atoms. The summed E-state index contributed by atoms with van der Waals surface area (Å²) in [4.78, 5) is 0.404. The van der Waals surface area contributed by atoms with Crippen molar-refractivity contribution < 1.29 is 13.2 Å². The number of hydrogen-bond acceptors (Lipinski definition) is 4. The first-order valence-corrected chi connectivity index (χ1v) is 17.2. The fraction of sp³-hybridized carbons (Fsp3) is 0.405. The van der Waals surface area contributed by atoms with Crippen molar-refractivity contribution in [3.63, 3.8) is 0 Å². The van der Waals surface area contributed by atoms with Crippen LogP contribution in [0.3, 0.4) is 0 Å². The lowest BCUT2D eigenvalue weighted by Gasteiger charge is -2.23. The summed E-state index contributed by atoms with van der Waals surface area (Å²) in [5.74, 6) is 1.29. The molecule has 0 saturated heterocycles. The highest BCUT2D eigenvalue weighted by Crippen LogP contribution is 2.38. The van der Waals surface area contributed by atoms with Crippen LogP contribution >= 0.6 is 0 Å². The standard InChI is InChI=1S/C37H48N2O3S/c1-8-9-10-13-22-42-30-18-16-29(17-19-30)38-35-20-21-36(32-15-12-11-14-31(32)35)39-43(40,41)37-33(26(4)5)23-28(25(2)3)24-34(37)27(6)7/h11-12,14-21,23-27,38-39H,8-10,13,22H2,1-7H3. The van der Waals surface area contributed by atoms with Gasteiger partial charge in [0.2, 0.25) is 0 Å². The van der Waals surface area contributed by atoms with Gasteiger partial charge in [-0.1, -0.05) is 104 Å². The molecular formula is C37H48N2O3S. The van der Waals surface area contributed by atoms with Gasteiger partial charge in [0.25, 0.3) is 10.0 Å². The molecule has 0 aliphatic rings. The minimum Gasteiger partial charge on any atom is -0.494 e. The van der Waals surface area contributed by atoms with E-state index in [4.69, 9.17) is 4.74 Å². The molecular weight excluding hydrogens is 552 g/mol. The normalized spacial score (nSPS) is 12.0. The number of anilines is 3. The minimum atomic E-state index is -3.87. The Hall–Kier alpha value is -3.51. The van der Waals surface area contributed by atoms with Gasteiger partial charge in [-0.05, 0) is 77.3 Å². The van der Waals surface area contributed by atoms with Gasteiger partial charge in [-0.15, -0.1) is 0 Å². The zero-order valence-corrected chi connectivity index (χ0v) is 27.6. The molecule has 0 fully saturated rings. The number of benzene rings is 4. The van der Waals surface area contributed by atoms with Crippen LogP contribution in [0.4, 0.5) is 17.1 Å². The molecule has 2 N–H and O–H groups in total. The van der Waals surface area contributed by atoms with Gasteiger partial charge >= 0.3 is 0 Å². The van der Waals surface area contributed by atoms with E-state index >= 15 is 0 Å². The van der Waals surface area contributed by atoms with Crippen LogP contribution in [0.25, 0.3) is 10.8 Å². The van der Waals surface area contributed by atoms with Gasteiger partial charge in [-0.2, -0.15) is 0 Å². The Morgan fingerprint density at radius 3 is 1.84 bits per heavy atom. The van der Waals surface area contributed by atoms with Gasteiger partial charge in [0.1, 0.15) is 5.75 Å². The molecule has 0 amide bonds. The number of nitrogens with one attached hydrogen (secondary N) is 2. The number of sulfonamides is 1. The van der Waals surface area contributed by atoms with Crippen molar-refractivity contribution in [2.24, 2.45) is 0 Å². The molecule has 6 heteroatoms. The van der Waals surface area contributed by atoms with Crippen LogP contribution in [0.2, 0.25) is 0 Å². The first-order valence-electron chi connectivity index (χ1n) is 15.7. The van der Waals surface area contributed by atoms with Gasteiger partial charge in [0.05, 0.1) is 17.2 Å². The third kappa shape index (κ3) is 7.91. The molecule has 0 unspecified atom stereocenters. The summed E-state index contributed by atoms with van der Waals surface area (Å²) in [6.07, 6.45) is 4.71. The number of fused-ring (bicyclic) bond motifs is 1. The molecule has 5 nitrogen and oxygen atoms in total. The Morgan fingerprint density at radius 2 is 1.28 bits per heavy atom. The van der Waals surface area contributed by atoms with Crippen LogP contribution in [0.5, 0.6) is 5.75 Å². The van der Waals surface area contributed by atoms with Gasteiger partial charge in [-0.3, -0.25) is 4.72 Å². The zero-order chi connectivity index (χ0) is 31.1. The van der Waals surface area contributed by atoms with Crippen LogP contribution in [-0.4, -0.2) is 15.0 Å². The molecule has 0 heterocycles. The summed E-state index contributed by atoms with van der Waals surface area (Å²) in [5.41, 5.74) is 5.28. The molecule has 4 aromatic carbocycles. The molecule has 0 saturated carbocycles. The maximum atomic E-state index is 14.2.